The fourth-order valence-electron chi connectivity index (χ4n) is 2.23. The summed E-state index contributed by atoms with van der Waals surface area (Å²) in [6, 6.07) is 10.1. The quantitative estimate of drug-likeness (QED) is 0.771. The largest absolute Gasteiger partial charge is 0.497 e. The highest BCUT2D eigenvalue weighted by atomic mass is 79.9. The van der Waals surface area contributed by atoms with Gasteiger partial charge < -0.3 is 9.64 Å². The number of benzene rings is 1. The van der Waals surface area contributed by atoms with E-state index in [0.717, 1.165) is 28.5 Å². The van der Waals surface area contributed by atoms with Crippen molar-refractivity contribution < 1.29 is 4.74 Å². The predicted octanol–water partition coefficient (Wildman–Crippen LogP) is 3.76. The molecule has 21 heavy (non-hydrogen) atoms. The van der Waals surface area contributed by atoms with Gasteiger partial charge in [0.25, 0.3) is 0 Å². The Hall–Kier alpha value is -1.62. The Morgan fingerprint density at radius 3 is 2.57 bits per heavy atom. The second-order valence-corrected chi connectivity index (χ2v) is 6.20. The first-order valence-corrected chi connectivity index (χ1v) is 7.83. The summed E-state index contributed by atoms with van der Waals surface area (Å²) in [5.41, 5.74) is 1.22. The van der Waals surface area contributed by atoms with Gasteiger partial charge in [-0.2, -0.15) is 0 Å². The molecule has 0 radical (unpaired) electrons. The molecule has 0 bridgehead atoms. The normalized spacial score (nSPS) is 14.0. The third-order valence-electron chi connectivity index (χ3n) is 3.61. The van der Waals surface area contributed by atoms with E-state index < -0.39 is 0 Å². The third kappa shape index (κ3) is 3.53. The average molecular weight is 348 g/mol. The van der Waals surface area contributed by atoms with Crippen molar-refractivity contribution in [2.75, 3.05) is 19.1 Å². The summed E-state index contributed by atoms with van der Waals surface area (Å²) >= 11 is 3.49. The first kappa shape index (κ1) is 14.3. The Morgan fingerprint density at radius 2 is 1.95 bits per heavy atom. The topological polar surface area (TPSA) is 38.2 Å². The molecular weight excluding hydrogens is 330 g/mol. The minimum Gasteiger partial charge on any atom is -0.497 e. The number of methoxy groups -OCH3 is 1. The number of nitrogens with zero attached hydrogens (tertiary/aromatic N) is 3. The molecule has 1 aromatic carbocycles. The molecule has 4 nitrogen and oxygen atoms in total. The van der Waals surface area contributed by atoms with E-state index in [9.17, 15) is 0 Å². The van der Waals surface area contributed by atoms with Crippen LogP contribution in [-0.2, 0) is 6.54 Å². The van der Waals surface area contributed by atoms with E-state index in [-0.39, 0.29) is 0 Å². The van der Waals surface area contributed by atoms with Gasteiger partial charge in [-0.15, -0.1) is 0 Å². The minimum atomic E-state index is 0.552. The van der Waals surface area contributed by atoms with E-state index in [2.05, 4.69) is 50.0 Å². The molecule has 2 aromatic rings. The van der Waals surface area contributed by atoms with Gasteiger partial charge in [0.05, 0.1) is 7.11 Å². The van der Waals surface area contributed by atoms with Crippen molar-refractivity contribution in [1.29, 1.82) is 0 Å². The maximum Gasteiger partial charge on any atom is 0.135 e. The Labute approximate surface area is 133 Å². The summed E-state index contributed by atoms with van der Waals surface area (Å²) in [6.07, 6.45) is 2.41. The zero-order valence-electron chi connectivity index (χ0n) is 12.2. The number of hydrogen-bond acceptors (Lipinski definition) is 4. The smallest absolute Gasteiger partial charge is 0.135 e. The van der Waals surface area contributed by atoms with Gasteiger partial charge in [-0.05, 0) is 46.5 Å². The van der Waals surface area contributed by atoms with Crippen molar-refractivity contribution in [2.24, 2.45) is 0 Å². The minimum absolute atomic E-state index is 0.552. The lowest BCUT2D eigenvalue weighted by Crippen LogP contribution is -2.18. The molecule has 1 aromatic heterocycles. The van der Waals surface area contributed by atoms with Crippen LogP contribution in [0.4, 0.5) is 5.82 Å². The number of aromatic nitrogens is 2. The molecule has 0 saturated heterocycles. The first-order chi connectivity index (χ1) is 10.2. The second-order valence-electron chi connectivity index (χ2n) is 5.39. The SMILES string of the molecule is COc1ccc(CN(C)c2cc(Br)nc(C3CC3)n2)cc1. The third-order valence-corrected chi connectivity index (χ3v) is 4.02. The standard InChI is InChI=1S/C16H18BrN3O/c1-20(10-11-3-7-13(21-2)8-4-11)15-9-14(17)18-16(19-15)12-5-6-12/h3-4,7-9,12H,5-6,10H2,1-2H3. The van der Waals surface area contributed by atoms with E-state index in [1.807, 2.05) is 18.2 Å². The lowest BCUT2D eigenvalue weighted by atomic mass is 10.2. The zero-order valence-corrected chi connectivity index (χ0v) is 13.8. The van der Waals surface area contributed by atoms with Gasteiger partial charge in [0.2, 0.25) is 0 Å². The fourth-order valence-corrected chi connectivity index (χ4v) is 2.61. The van der Waals surface area contributed by atoms with Crippen molar-refractivity contribution in [1.82, 2.24) is 9.97 Å². The Bertz CT molecular complexity index is 626. The summed E-state index contributed by atoms with van der Waals surface area (Å²) in [4.78, 5) is 11.3. The molecule has 0 amide bonds. The molecule has 0 spiro atoms. The molecular formula is C16H18BrN3O. The van der Waals surface area contributed by atoms with Crippen molar-refractivity contribution in [3.05, 3.63) is 46.3 Å². The summed E-state index contributed by atoms with van der Waals surface area (Å²) in [5, 5.41) is 0. The summed E-state index contributed by atoms with van der Waals surface area (Å²) in [5.74, 6) is 3.34. The van der Waals surface area contributed by atoms with Crippen molar-refractivity contribution in [3.8, 4) is 5.75 Å². The van der Waals surface area contributed by atoms with Crippen LogP contribution in [0.1, 0.15) is 30.1 Å². The summed E-state index contributed by atoms with van der Waals surface area (Å²) < 4.78 is 6.04. The van der Waals surface area contributed by atoms with Gasteiger partial charge in [0.15, 0.2) is 0 Å². The Morgan fingerprint density at radius 1 is 1.24 bits per heavy atom. The molecule has 3 rings (SSSR count). The second kappa shape index (κ2) is 6.02. The molecule has 1 fully saturated rings. The lowest BCUT2D eigenvalue weighted by Gasteiger charge is -2.19. The molecule has 1 aliphatic rings. The van der Waals surface area contributed by atoms with Crippen LogP contribution >= 0.6 is 15.9 Å². The van der Waals surface area contributed by atoms with E-state index in [0.29, 0.717) is 5.92 Å². The fraction of sp³-hybridized carbons (Fsp3) is 0.375. The zero-order chi connectivity index (χ0) is 14.8. The highest BCUT2D eigenvalue weighted by Gasteiger charge is 2.27. The predicted molar refractivity (Wildman–Crippen MR) is 86.8 cm³/mol. The van der Waals surface area contributed by atoms with Crippen LogP contribution in [0.25, 0.3) is 0 Å². The number of rotatable bonds is 5. The molecule has 0 unspecified atom stereocenters. The number of ether oxygens (including phenoxy) is 1. The summed E-state index contributed by atoms with van der Waals surface area (Å²) in [6.45, 7) is 0.803. The Kier molecular flexibility index (Phi) is 4.10. The highest BCUT2D eigenvalue weighted by molar-refractivity contribution is 9.10. The van der Waals surface area contributed by atoms with Crippen LogP contribution < -0.4 is 9.64 Å². The molecule has 1 aliphatic carbocycles. The molecule has 1 heterocycles. The number of halogens is 1. The maximum absolute atomic E-state index is 5.18. The maximum atomic E-state index is 5.18. The van der Waals surface area contributed by atoms with Crippen molar-refractivity contribution in [3.63, 3.8) is 0 Å². The van der Waals surface area contributed by atoms with Crippen LogP contribution in [-0.4, -0.2) is 24.1 Å². The summed E-state index contributed by atoms with van der Waals surface area (Å²) in [7, 11) is 3.73. The van der Waals surface area contributed by atoms with Gasteiger partial charge >= 0.3 is 0 Å². The molecule has 110 valence electrons. The number of hydrogen-bond donors (Lipinski definition) is 0. The van der Waals surface area contributed by atoms with Gasteiger partial charge in [0.1, 0.15) is 22.0 Å². The number of anilines is 1. The molecule has 5 heteroatoms. The van der Waals surface area contributed by atoms with Crippen LogP contribution in [0.3, 0.4) is 0 Å². The van der Waals surface area contributed by atoms with Gasteiger partial charge in [-0.3, -0.25) is 0 Å². The van der Waals surface area contributed by atoms with E-state index in [4.69, 9.17) is 4.74 Å². The molecule has 0 N–H and O–H groups in total. The lowest BCUT2D eigenvalue weighted by molar-refractivity contribution is 0.414. The molecule has 0 aliphatic heterocycles. The van der Waals surface area contributed by atoms with Gasteiger partial charge in [0, 0.05) is 25.6 Å². The average Bonchev–Trinajstić information content (AvgIpc) is 3.32. The molecule has 0 atom stereocenters. The van der Waals surface area contributed by atoms with Crippen molar-refractivity contribution >= 4 is 21.7 Å². The van der Waals surface area contributed by atoms with Crippen LogP contribution in [0.2, 0.25) is 0 Å². The highest BCUT2D eigenvalue weighted by Crippen LogP contribution is 2.39. The van der Waals surface area contributed by atoms with Crippen LogP contribution in [0, 0.1) is 0 Å². The van der Waals surface area contributed by atoms with E-state index in [1.54, 1.807) is 7.11 Å². The van der Waals surface area contributed by atoms with Crippen molar-refractivity contribution in [2.45, 2.75) is 25.3 Å². The van der Waals surface area contributed by atoms with Gasteiger partial charge in [-0.25, -0.2) is 9.97 Å². The Balaban J connectivity index is 1.76. The molecule has 1 saturated carbocycles. The van der Waals surface area contributed by atoms with E-state index >= 15 is 0 Å². The van der Waals surface area contributed by atoms with E-state index in [1.165, 1.54) is 18.4 Å². The van der Waals surface area contributed by atoms with Crippen LogP contribution in [0.15, 0.2) is 34.9 Å². The van der Waals surface area contributed by atoms with Gasteiger partial charge in [-0.1, -0.05) is 12.1 Å². The monoisotopic (exact) mass is 347 g/mol. The first-order valence-electron chi connectivity index (χ1n) is 7.04. The van der Waals surface area contributed by atoms with Crippen LogP contribution in [0.5, 0.6) is 5.75 Å².